The molecule has 0 atom stereocenters. The molecule has 4 nitrogen and oxygen atoms in total. The number of benzene rings is 1. The Kier molecular flexibility index (Phi) is 4.41. The molecule has 0 saturated heterocycles. The second-order valence-electron chi connectivity index (χ2n) is 3.60. The van der Waals surface area contributed by atoms with Crippen LogP contribution in [-0.4, -0.2) is 23.3 Å². The minimum atomic E-state index is 0.509. The number of nitrogens with one attached hydrogen (secondary N) is 1. The number of aromatic nitrogens is 2. The fourth-order valence-electron chi connectivity index (χ4n) is 1.43. The first kappa shape index (κ1) is 12.7. The molecule has 0 radical (unpaired) electrons. The van der Waals surface area contributed by atoms with Crippen LogP contribution in [0.2, 0.25) is 0 Å². The summed E-state index contributed by atoms with van der Waals surface area (Å²) in [6.45, 7) is 0.509. The largest absolute Gasteiger partial charge is 0.473 e. The van der Waals surface area contributed by atoms with Gasteiger partial charge in [0.2, 0.25) is 5.88 Å². The standard InChI is InChI=1S/C13H15N3OS/c1-14-11-8-12(16-13(15-11)18-2)17-9-10-6-4-3-5-7-10/h3-8H,9H2,1-2H3,(H,14,15,16). The Morgan fingerprint density at radius 2 is 2.00 bits per heavy atom. The smallest absolute Gasteiger partial charge is 0.219 e. The summed E-state index contributed by atoms with van der Waals surface area (Å²) in [4.78, 5) is 8.59. The van der Waals surface area contributed by atoms with Crippen molar-refractivity contribution in [3.8, 4) is 5.88 Å². The van der Waals surface area contributed by atoms with Crippen LogP contribution in [0.1, 0.15) is 5.56 Å². The van der Waals surface area contributed by atoms with E-state index in [2.05, 4.69) is 15.3 Å². The summed E-state index contributed by atoms with van der Waals surface area (Å²) in [6, 6.07) is 11.8. The summed E-state index contributed by atoms with van der Waals surface area (Å²) < 4.78 is 5.67. The molecule has 5 heteroatoms. The van der Waals surface area contributed by atoms with Gasteiger partial charge in [-0.15, -0.1) is 0 Å². The summed E-state index contributed by atoms with van der Waals surface area (Å²) in [5.41, 5.74) is 1.12. The average molecular weight is 261 g/mol. The van der Waals surface area contributed by atoms with Crippen molar-refractivity contribution in [1.82, 2.24) is 9.97 Å². The number of anilines is 1. The molecule has 0 bridgehead atoms. The molecule has 1 aromatic carbocycles. The van der Waals surface area contributed by atoms with Gasteiger partial charge in [0.05, 0.1) is 0 Å². The van der Waals surface area contributed by atoms with Crippen LogP contribution in [0.5, 0.6) is 5.88 Å². The van der Waals surface area contributed by atoms with E-state index in [4.69, 9.17) is 4.74 Å². The molecule has 94 valence electrons. The van der Waals surface area contributed by atoms with Crippen molar-refractivity contribution in [1.29, 1.82) is 0 Å². The van der Waals surface area contributed by atoms with Crippen molar-refractivity contribution in [2.75, 3.05) is 18.6 Å². The number of nitrogens with zero attached hydrogens (tertiary/aromatic N) is 2. The van der Waals surface area contributed by atoms with Gasteiger partial charge in [0.15, 0.2) is 5.16 Å². The van der Waals surface area contributed by atoms with Crippen molar-refractivity contribution in [3.05, 3.63) is 42.0 Å². The summed E-state index contributed by atoms with van der Waals surface area (Å²) >= 11 is 1.49. The molecule has 1 heterocycles. The lowest BCUT2D eigenvalue weighted by molar-refractivity contribution is 0.291. The first-order valence-corrected chi connectivity index (χ1v) is 6.82. The Hall–Kier alpha value is -1.75. The summed E-state index contributed by atoms with van der Waals surface area (Å²) in [6.07, 6.45) is 1.94. The van der Waals surface area contributed by atoms with E-state index in [-0.39, 0.29) is 0 Å². The summed E-state index contributed by atoms with van der Waals surface area (Å²) in [5.74, 6) is 1.35. The average Bonchev–Trinajstić information content (AvgIpc) is 2.45. The minimum absolute atomic E-state index is 0.509. The molecule has 0 aliphatic heterocycles. The first-order chi connectivity index (χ1) is 8.81. The number of hydrogen-bond donors (Lipinski definition) is 1. The third-order valence-corrected chi connectivity index (χ3v) is 2.90. The molecule has 2 aromatic rings. The highest BCUT2D eigenvalue weighted by Crippen LogP contribution is 2.19. The normalized spacial score (nSPS) is 10.1. The van der Waals surface area contributed by atoms with Crippen molar-refractivity contribution in [2.24, 2.45) is 0 Å². The Bertz CT molecular complexity index is 483. The molecule has 1 N–H and O–H groups in total. The SMILES string of the molecule is CNc1cc(OCc2ccccc2)nc(SC)n1. The zero-order valence-corrected chi connectivity index (χ0v) is 11.2. The van der Waals surface area contributed by atoms with E-state index < -0.39 is 0 Å². The fraction of sp³-hybridized carbons (Fsp3) is 0.231. The Morgan fingerprint density at radius 1 is 1.22 bits per heavy atom. The number of hydrogen-bond acceptors (Lipinski definition) is 5. The fourth-order valence-corrected chi connectivity index (χ4v) is 1.80. The number of ether oxygens (including phenoxy) is 1. The molecule has 0 spiro atoms. The molecular weight excluding hydrogens is 246 g/mol. The molecule has 0 aliphatic carbocycles. The van der Waals surface area contributed by atoms with Crippen LogP contribution in [-0.2, 0) is 6.61 Å². The van der Waals surface area contributed by atoms with Gasteiger partial charge in [0, 0.05) is 13.1 Å². The monoisotopic (exact) mass is 261 g/mol. The highest BCUT2D eigenvalue weighted by Gasteiger charge is 2.04. The van der Waals surface area contributed by atoms with Crippen molar-refractivity contribution >= 4 is 17.6 Å². The van der Waals surface area contributed by atoms with Gasteiger partial charge < -0.3 is 10.1 Å². The molecule has 18 heavy (non-hydrogen) atoms. The van der Waals surface area contributed by atoms with E-state index in [9.17, 15) is 0 Å². The van der Waals surface area contributed by atoms with Gasteiger partial charge in [-0.05, 0) is 11.8 Å². The van der Waals surface area contributed by atoms with Crippen LogP contribution in [0.25, 0.3) is 0 Å². The zero-order valence-electron chi connectivity index (χ0n) is 10.4. The van der Waals surface area contributed by atoms with Crippen LogP contribution in [0, 0.1) is 0 Å². The van der Waals surface area contributed by atoms with E-state index >= 15 is 0 Å². The van der Waals surface area contributed by atoms with Gasteiger partial charge in [-0.2, -0.15) is 4.98 Å². The predicted molar refractivity (Wildman–Crippen MR) is 74.1 cm³/mol. The van der Waals surface area contributed by atoms with Crippen molar-refractivity contribution in [2.45, 2.75) is 11.8 Å². The number of thioether (sulfide) groups is 1. The molecular formula is C13H15N3OS. The van der Waals surface area contributed by atoms with E-state index in [1.54, 1.807) is 6.07 Å². The number of rotatable bonds is 5. The molecule has 1 aromatic heterocycles. The third-order valence-electron chi connectivity index (χ3n) is 2.35. The second-order valence-corrected chi connectivity index (χ2v) is 4.38. The summed E-state index contributed by atoms with van der Waals surface area (Å²) in [5, 5.41) is 3.69. The van der Waals surface area contributed by atoms with E-state index in [0.717, 1.165) is 11.4 Å². The van der Waals surface area contributed by atoms with Gasteiger partial charge in [-0.3, -0.25) is 0 Å². The van der Waals surface area contributed by atoms with Crippen LogP contribution in [0.3, 0.4) is 0 Å². The predicted octanol–water partition coefficient (Wildman–Crippen LogP) is 2.82. The Labute approximate surface area is 111 Å². The van der Waals surface area contributed by atoms with Crippen LogP contribution in [0.4, 0.5) is 5.82 Å². The third kappa shape index (κ3) is 3.37. The van der Waals surface area contributed by atoms with Crippen LogP contribution in [0.15, 0.2) is 41.6 Å². The van der Waals surface area contributed by atoms with Gasteiger partial charge in [0.1, 0.15) is 12.4 Å². The second kappa shape index (κ2) is 6.26. The quantitative estimate of drug-likeness (QED) is 0.662. The van der Waals surface area contributed by atoms with Crippen LogP contribution < -0.4 is 10.1 Å². The highest BCUT2D eigenvalue weighted by atomic mass is 32.2. The van der Waals surface area contributed by atoms with Crippen molar-refractivity contribution in [3.63, 3.8) is 0 Å². The van der Waals surface area contributed by atoms with E-state index in [1.165, 1.54) is 11.8 Å². The zero-order chi connectivity index (χ0) is 12.8. The lowest BCUT2D eigenvalue weighted by Gasteiger charge is -2.08. The molecule has 0 aliphatic rings. The maximum atomic E-state index is 5.67. The van der Waals surface area contributed by atoms with Gasteiger partial charge in [-0.25, -0.2) is 4.98 Å². The lowest BCUT2D eigenvalue weighted by atomic mass is 10.2. The van der Waals surface area contributed by atoms with Crippen LogP contribution >= 0.6 is 11.8 Å². The topological polar surface area (TPSA) is 47.0 Å². The maximum absolute atomic E-state index is 5.67. The van der Waals surface area contributed by atoms with Crippen molar-refractivity contribution < 1.29 is 4.74 Å². The molecule has 2 rings (SSSR count). The highest BCUT2D eigenvalue weighted by molar-refractivity contribution is 7.98. The maximum Gasteiger partial charge on any atom is 0.219 e. The first-order valence-electron chi connectivity index (χ1n) is 5.59. The Morgan fingerprint density at radius 3 is 2.67 bits per heavy atom. The van der Waals surface area contributed by atoms with E-state index in [0.29, 0.717) is 17.6 Å². The summed E-state index contributed by atoms with van der Waals surface area (Å²) in [7, 11) is 1.83. The van der Waals surface area contributed by atoms with Gasteiger partial charge in [-0.1, -0.05) is 42.1 Å². The van der Waals surface area contributed by atoms with E-state index in [1.807, 2.05) is 43.6 Å². The Balaban J connectivity index is 2.09. The molecule has 0 amide bonds. The molecule has 0 unspecified atom stereocenters. The van der Waals surface area contributed by atoms with Gasteiger partial charge >= 0.3 is 0 Å². The molecule has 0 saturated carbocycles. The molecule has 0 fully saturated rings. The van der Waals surface area contributed by atoms with Gasteiger partial charge in [0.25, 0.3) is 0 Å². The minimum Gasteiger partial charge on any atom is -0.473 e. The lowest BCUT2D eigenvalue weighted by Crippen LogP contribution is -2.01.